The molecule has 3 rings (SSSR count). The molecule has 2 aromatic carbocycles. The predicted octanol–water partition coefficient (Wildman–Crippen LogP) is 3.09. The Morgan fingerprint density at radius 2 is 1.97 bits per heavy atom. The maximum absolute atomic E-state index is 14.1. The normalized spacial score (nSPS) is 16.1. The van der Waals surface area contributed by atoms with Crippen molar-refractivity contribution < 1.29 is 23.0 Å². The Bertz CT molecular complexity index is 963. The maximum Gasteiger partial charge on any atom is 0.341 e. The number of para-hydroxylation sites is 1. The van der Waals surface area contributed by atoms with Crippen LogP contribution in [0.25, 0.3) is 0 Å². The highest BCUT2D eigenvalue weighted by molar-refractivity contribution is 5.92. The highest BCUT2D eigenvalue weighted by Crippen LogP contribution is 2.27. The van der Waals surface area contributed by atoms with Crippen LogP contribution in [0.2, 0.25) is 0 Å². The van der Waals surface area contributed by atoms with E-state index in [9.17, 15) is 13.6 Å². The van der Waals surface area contributed by atoms with E-state index in [1.54, 1.807) is 17.0 Å². The van der Waals surface area contributed by atoms with Crippen LogP contribution in [0.15, 0.2) is 41.4 Å². The minimum atomic E-state index is -0.563. The largest absolute Gasteiger partial charge is 0.496 e. The molecular weight excluding hydrogens is 418 g/mol. The number of carbonyl (C=O) groups is 1. The van der Waals surface area contributed by atoms with Crippen molar-refractivity contribution >= 4 is 17.6 Å². The first-order valence-electron chi connectivity index (χ1n) is 10.5. The summed E-state index contributed by atoms with van der Waals surface area (Å²) in [4.78, 5) is 18.3. The first-order valence-corrected chi connectivity index (χ1v) is 10.5. The van der Waals surface area contributed by atoms with E-state index in [1.165, 1.54) is 32.4 Å². The Kier molecular flexibility index (Phi) is 7.86. The lowest BCUT2D eigenvalue weighted by atomic mass is 10.1. The van der Waals surface area contributed by atoms with Crippen molar-refractivity contribution in [1.29, 1.82) is 0 Å². The molecule has 7 nitrogen and oxygen atoms in total. The fourth-order valence-corrected chi connectivity index (χ4v) is 3.68. The molecule has 0 bridgehead atoms. The summed E-state index contributed by atoms with van der Waals surface area (Å²) in [5, 5.41) is 6.52. The van der Waals surface area contributed by atoms with Crippen molar-refractivity contribution in [3.63, 3.8) is 0 Å². The lowest BCUT2D eigenvalue weighted by Gasteiger charge is -2.21. The molecule has 2 N–H and O–H groups in total. The van der Waals surface area contributed by atoms with Crippen molar-refractivity contribution in [3.8, 4) is 5.75 Å². The zero-order chi connectivity index (χ0) is 23.1. The zero-order valence-electron chi connectivity index (χ0n) is 18.5. The van der Waals surface area contributed by atoms with Crippen molar-refractivity contribution in [2.45, 2.75) is 25.9 Å². The number of aliphatic imine (C=N–C) groups is 1. The fraction of sp³-hybridized carbons (Fsp3) is 0.391. The van der Waals surface area contributed by atoms with Crippen LogP contribution in [0.4, 0.5) is 14.5 Å². The molecule has 1 aliphatic heterocycles. The Balaban J connectivity index is 1.69. The van der Waals surface area contributed by atoms with Crippen molar-refractivity contribution in [1.82, 2.24) is 10.6 Å². The van der Waals surface area contributed by atoms with Crippen molar-refractivity contribution in [3.05, 3.63) is 59.2 Å². The summed E-state index contributed by atoms with van der Waals surface area (Å²) in [6, 6.07) is 9.10. The smallest absolute Gasteiger partial charge is 0.341 e. The molecule has 1 atom stereocenters. The van der Waals surface area contributed by atoms with Gasteiger partial charge in [-0.3, -0.25) is 0 Å². The highest BCUT2D eigenvalue weighted by atomic mass is 19.1. The van der Waals surface area contributed by atoms with E-state index in [0.717, 1.165) is 5.56 Å². The van der Waals surface area contributed by atoms with Gasteiger partial charge in [0, 0.05) is 25.7 Å². The van der Waals surface area contributed by atoms with E-state index in [1.807, 2.05) is 13.0 Å². The van der Waals surface area contributed by atoms with Gasteiger partial charge in [0.25, 0.3) is 0 Å². The van der Waals surface area contributed by atoms with Crippen LogP contribution in [0, 0.1) is 11.6 Å². The number of halogens is 2. The average molecular weight is 446 g/mol. The lowest BCUT2D eigenvalue weighted by Crippen LogP contribution is -2.44. The Morgan fingerprint density at radius 1 is 1.22 bits per heavy atom. The van der Waals surface area contributed by atoms with E-state index in [2.05, 4.69) is 15.6 Å². The maximum atomic E-state index is 14.1. The summed E-state index contributed by atoms with van der Waals surface area (Å²) in [5.41, 5.74) is 1.15. The minimum absolute atomic E-state index is 0.00677. The second-order valence-corrected chi connectivity index (χ2v) is 7.37. The summed E-state index contributed by atoms with van der Waals surface area (Å²) in [6.07, 6.45) is 0.715. The number of carbonyl (C=O) groups excluding carboxylic acids is 1. The average Bonchev–Trinajstić information content (AvgIpc) is 3.24. The third kappa shape index (κ3) is 5.46. The van der Waals surface area contributed by atoms with Crippen molar-refractivity contribution in [2.75, 3.05) is 38.8 Å². The number of esters is 1. The number of rotatable bonds is 7. The molecule has 0 aliphatic carbocycles. The van der Waals surface area contributed by atoms with Gasteiger partial charge in [0.15, 0.2) is 5.96 Å². The molecule has 1 heterocycles. The standard InChI is InChI=1S/C23H28F2N4O3/c1-4-26-23(27-13-15-8-9-20(31-2)17(12-15)22(30)32-3)28-16-10-11-29(14-16)21-18(24)6-5-7-19(21)25/h5-9,12,16H,4,10-11,13-14H2,1-3H3,(H2,26,27,28). The van der Waals surface area contributed by atoms with Crippen LogP contribution < -0.4 is 20.3 Å². The summed E-state index contributed by atoms with van der Waals surface area (Å²) < 4.78 is 38.3. The van der Waals surface area contributed by atoms with E-state index >= 15 is 0 Å². The van der Waals surface area contributed by atoms with E-state index in [-0.39, 0.29) is 11.7 Å². The molecule has 0 radical (unpaired) electrons. The van der Waals surface area contributed by atoms with Crippen LogP contribution in [0.3, 0.4) is 0 Å². The number of hydrogen-bond acceptors (Lipinski definition) is 5. The van der Waals surface area contributed by atoms with E-state index in [4.69, 9.17) is 9.47 Å². The van der Waals surface area contributed by atoms with Gasteiger partial charge in [0.1, 0.15) is 28.6 Å². The highest BCUT2D eigenvalue weighted by Gasteiger charge is 2.27. The van der Waals surface area contributed by atoms with E-state index in [0.29, 0.717) is 49.9 Å². The van der Waals surface area contributed by atoms with Gasteiger partial charge in [-0.1, -0.05) is 12.1 Å². The van der Waals surface area contributed by atoms with Crippen molar-refractivity contribution in [2.24, 2.45) is 4.99 Å². The molecule has 9 heteroatoms. The molecule has 0 aromatic heterocycles. The number of guanidine groups is 1. The third-order valence-electron chi connectivity index (χ3n) is 5.22. The molecule has 32 heavy (non-hydrogen) atoms. The number of anilines is 1. The van der Waals surface area contributed by atoms with Crippen LogP contribution in [-0.2, 0) is 11.3 Å². The molecule has 0 spiro atoms. The van der Waals surface area contributed by atoms with Gasteiger partial charge in [-0.15, -0.1) is 0 Å². The molecule has 1 aliphatic rings. The topological polar surface area (TPSA) is 75.2 Å². The molecule has 1 unspecified atom stereocenters. The van der Waals surface area contributed by atoms with Crippen LogP contribution >= 0.6 is 0 Å². The first-order chi connectivity index (χ1) is 15.5. The van der Waals surface area contributed by atoms with Crippen LogP contribution in [0.5, 0.6) is 5.75 Å². The minimum Gasteiger partial charge on any atom is -0.496 e. The summed E-state index contributed by atoms with van der Waals surface area (Å²) in [7, 11) is 2.81. The van der Waals surface area contributed by atoms with Gasteiger partial charge in [0.2, 0.25) is 0 Å². The number of nitrogens with one attached hydrogen (secondary N) is 2. The number of hydrogen-bond donors (Lipinski definition) is 2. The molecule has 0 saturated carbocycles. The van der Waals surface area contributed by atoms with Gasteiger partial charge >= 0.3 is 5.97 Å². The van der Waals surface area contributed by atoms with Crippen LogP contribution in [-0.4, -0.2) is 51.8 Å². The lowest BCUT2D eigenvalue weighted by molar-refractivity contribution is 0.0597. The third-order valence-corrected chi connectivity index (χ3v) is 5.22. The quantitative estimate of drug-likeness (QED) is 0.387. The summed E-state index contributed by atoms with van der Waals surface area (Å²) in [6.45, 7) is 3.92. The fourth-order valence-electron chi connectivity index (χ4n) is 3.68. The van der Waals surface area contributed by atoms with Gasteiger partial charge in [-0.25, -0.2) is 18.6 Å². The second-order valence-electron chi connectivity index (χ2n) is 7.37. The summed E-state index contributed by atoms with van der Waals surface area (Å²) >= 11 is 0. The molecule has 172 valence electrons. The SMILES string of the molecule is CCNC(=NCc1ccc(OC)c(C(=O)OC)c1)NC1CCN(c2c(F)cccc2F)C1. The molecule has 2 aromatic rings. The van der Waals surface area contributed by atoms with Gasteiger partial charge in [0.05, 0.1) is 20.8 Å². The number of ether oxygens (including phenoxy) is 2. The Labute approximate surface area is 186 Å². The molecular formula is C23H28F2N4O3. The molecule has 1 fully saturated rings. The molecule has 0 amide bonds. The van der Waals surface area contributed by atoms with Gasteiger partial charge in [-0.2, -0.15) is 0 Å². The second kappa shape index (κ2) is 10.8. The Hall–Kier alpha value is -3.36. The number of nitrogens with zero attached hydrogens (tertiary/aromatic N) is 2. The predicted molar refractivity (Wildman–Crippen MR) is 119 cm³/mol. The Morgan fingerprint density at radius 3 is 2.62 bits per heavy atom. The van der Waals surface area contributed by atoms with Gasteiger partial charge < -0.3 is 25.0 Å². The van der Waals surface area contributed by atoms with E-state index < -0.39 is 17.6 Å². The number of benzene rings is 2. The molecule has 1 saturated heterocycles. The zero-order valence-corrected chi connectivity index (χ0v) is 18.5. The van der Waals surface area contributed by atoms with Gasteiger partial charge in [-0.05, 0) is 43.2 Å². The monoisotopic (exact) mass is 446 g/mol. The summed E-state index contributed by atoms with van der Waals surface area (Å²) in [5.74, 6) is -0.590. The van der Waals surface area contributed by atoms with Crippen LogP contribution in [0.1, 0.15) is 29.3 Å². The number of methoxy groups -OCH3 is 2. The first kappa shape index (κ1) is 23.3.